The van der Waals surface area contributed by atoms with Gasteiger partial charge in [-0.15, -0.1) is 0 Å². The standard InChI is InChI=1S/C22H19Cl2N3O3S/c1-12(2)20(28)25-14-4-6-15(7-5-14)26-22(31)27-21(29)19-10-9-18(30-19)16-11-13(23)3-8-17(16)24/h3-12H,1-2H3,(H,25,28)(H2,26,27,29,31). The first-order chi connectivity index (χ1) is 14.7. The molecule has 0 atom stereocenters. The van der Waals surface area contributed by atoms with Gasteiger partial charge in [0.2, 0.25) is 5.91 Å². The third-order valence-electron chi connectivity index (χ3n) is 4.19. The molecule has 3 N–H and O–H groups in total. The fraction of sp³-hybridized carbons (Fsp3) is 0.136. The molecule has 0 bridgehead atoms. The van der Waals surface area contributed by atoms with E-state index in [0.717, 1.165) is 0 Å². The van der Waals surface area contributed by atoms with Gasteiger partial charge in [-0.25, -0.2) is 0 Å². The number of halogens is 2. The second kappa shape index (κ2) is 9.96. The quantitative estimate of drug-likeness (QED) is 0.395. The topological polar surface area (TPSA) is 83.4 Å². The molecule has 1 heterocycles. The predicted molar refractivity (Wildman–Crippen MR) is 128 cm³/mol. The number of hydrogen-bond acceptors (Lipinski definition) is 4. The molecule has 2 amide bonds. The van der Waals surface area contributed by atoms with Crippen LogP contribution in [0, 0.1) is 5.92 Å². The molecule has 0 saturated heterocycles. The number of carbonyl (C=O) groups excluding carboxylic acids is 2. The van der Waals surface area contributed by atoms with Crippen molar-refractivity contribution in [1.29, 1.82) is 0 Å². The summed E-state index contributed by atoms with van der Waals surface area (Å²) in [5.74, 6) is -0.210. The Morgan fingerprint density at radius 2 is 1.58 bits per heavy atom. The number of benzene rings is 2. The van der Waals surface area contributed by atoms with Gasteiger partial charge >= 0.3 is 0 Å². The summed E-state index contributed by atoms with van der Waals surface area (Å²) in [6, 6.07) is 15.1. The summed E-state index contributed by atoms with van der Waals surface area (Å²) in [6.07, 6.45) is 0. The first-order valence-corrected chi connectivity index (χ1v) is 10.5. The molecule has 160 valence electrons. The molecule has 3 rings (SSSR count). The Labute approximate surface area is 194 Å². The number of hydrogen-bond donors (Lipinski definition) is 3. The highest BCUT2D eigenvalue weighted by atomic mass is 35.5. The van der Waals surface area contributed by atoms with Crippen molar-refractivity contribution in [3.63, 3.8) is 0 Å². The van der Waals surface area contributed by atoms with Gasteiger partial charge < -0.3 is 15.1 Å². The van der Waals surface area contributed by atoms with Crippen molar-refractivity contribution in [3.05, 3.63) is 70.4 Å². The number of rotatable bonds is 5. The summed E-state index contributed by atoms with van der Waals surface area (Å²) in [4.78, 5) is 24.2. The zero-order chi connectivity index (χ0) is 22.5. The van der Waals surface area contributed by atoms with E-state index in [1.165, 1.54) is 6.07 Å². The van der Waals surface area contributed by atoms with Crippen LogP contribution in [0.1, 0.15) is 24.4 Å². The van der Waals surface area contributed by atoms with Crippen LogP contribution < -0.4 is 16.0 Å². The maximum absolute atomic E-state index is 12.4. The second-order valence-electron chi connectivity index (χ2n) is 6.92. The number of carbonyl (C=O) groups is 2. The van der Waals surface area contributed by atoms with Gasteiger partial charge in [0.15, 0.2) is 10.9 Å². The first-order valence-electron chi connectivity index (χ1n) is 9.31. The molecule has 6 nitrogen and oxygen atoms in total. The van der Waals surface area contributed by atoms with Crippen LogP contribution >= 0.6 is 35.4 Å². The summed E-state index contributed by atoms with van der Waals surface area (Å²) in [5, 5.41) is 9.32. The van der Waals surface area contributed by atoms with Gasteiger partial charge in [-0.2, -0.15) is 0 Å². The number of anilines is 2. The van der Waals surface area contributed by atoms with Crippen molar-refractivity contribution in [1.82, 2.24) is 5.32 Å². The summed E-state index contributed by atoms with van der Waals surface area (Å²) in [5.41, 5.74) is 1.90. The molecule has 0 spiro atoms. The van der Waals surface area contributed by atoms with Crippen LogP contribution in [0.3, 0.4) is 0 Å². The highest BCUT2D eigenvalue weighted by Gasteiger charge is 2.15. The fourth-order valence-corrected chi connectivity index (χ4v) is 3.13. The van der Waals surface area contributed by atoms with Crippen molar-refractivity contribution in [2.75, 3.05) is 10.6 Å². The maximum Gasteiger partial charge on any atom is 0.293 e. The van der Waals surface area contributed by atoms with E-state index < -0.39 is 5.91 Å². The molecule has 31 heavy (non-hydrogen) atoms. The molecule has 0 aliphatic rings. The summed E-state index contributed by atoms with van der Waals surface area (Å²) >= 11 is 17.4. The van der Waals surface area contributed by atoms with E-state index in [1.807, 2.05) is 13.8 Å². The minimum absolute atomic E-state index is 0.0691. The minimum Gasteiger partial charge on any atom is -0.451 e. The molecule has 0 aliphatic heterocycles. The summed E-state index contributed by atoms with van der Waals surface area (Å²) in [7, 11) is 0. The smallest absolute Gasteiger partial charge is 0.293 e. The van der Waals surface area contributed by atoms with Crippen LogP contribution in [0.4, 0.5) is 11.4 Å². The van der Waals surface area contributed by atoms with E-state index in [0.29, 0.717) is 32.7 Å². The van der Waals surface area contributed by atoms with Gasteiger partial charge in [0.05, 0.1) is 5.02 Å². The van der Waals surface area contributed by atoms with E-state index in [-0.39, 0.29) is 22.7 Å². The lowest BCUT2D eigenvalue weighted by Crippen LogP contribution is -2.33. The predicted octanol–water partition coefficient (Wildman–Crippen LogP) is 5.97. The Morgan fingerprint density at radius 3 is 2.23 bits per heavy atom. The highest BCUT2D eigenvalue weighted by Crippen LogP contribution is 2.31. The van der Waals surface area contributed by atoms with Gasteiger partial charge in [-0.1, -0.05) is 37.0 Å². The van der Waals surface area contributed by atoms with Crippen LogP contribution in [0.2, 0.25) is 10.0 Å². The first kappa shape index (κ1) is 22.8. The fourth-order valence-electron chi connectivity index (χ4n) is 2.54. The molecule has 0 aliphatic carbocycles. The number of amides is 2. The van der Waals surface area contributed by atoms with E-state index >= 15 is 0 Å². The number of furan rings is 1. The molecule has 0 saturated carbocycles. The Morgan fingerprint density at radius 1 is 0.935 bits per heavy atom. The average molecular weight is 476 g/mol. The monoisotopic (exact) mass is 475 g/mol. The second-order valence-corrected chi connectivity index (χ2v) is 8.17. The van der Waals surface area contributed by atoms with E-state index in [2.05, 4.69) is 16.0 Å². The minimum atomic E-state index is -0.511. The Balaban J connectivity index is 1.60. The Bertz CT molecular complexity index is 1130. The molecule has 9 heteroatoms. The molecule has 0 radical (unpaired) electrons. The highest BCUT2D eigenvalue weighted by molar-refractivity contribution is 7.80. The molecular formula is C22H19Cl2N3O3S. The average Bonchev–Trinajstić information content (AvgIpc) is 3.21. The lowest BCUT2D eigenvalue weighted by Gasteiger charge is -2.11. The van der Waals surface area contributed by atoms with E-state index in [9.17, 15) is 9.59 Å². The van der Waals surface area contributed by atoms with Crippen LogP contribution in [-0.4, -0.2) is 16.9 Å². The molecular weight excluding hydrogens is 457 g/mol. The lowest BCUT2D eigenvalue weighted by atomic mass is 10.2. The van der Waals surface area contributed by atoms with E-state index in [1.54, 1.807) is 48.5 Å². The van der Waals surface area contributed by atoms with Gasteiger partial charge in [-0.3, -0.25) is 14.9 Å². The van der Waals surface area contributed by atoms with Crippen LogP contribution in [0.5, 0.6) is 0 Å². The van der Waals surface area contributed by atoms with Crippen molar-refractivity contribution in [2.45, 2.75) is 13.8 Å². The van der Waals surface area contributed by atoms with Gasteiger partial charge in [0.25, 0.3) is 5.91 Å². The number of nitrogens with one attached hydrogen (secondary N) is 3. The summed E-state index contributed by atoms with van der Waals surface area (Å²) in [6.45, 7) is 3.63. The van der Waals surface area contributed by atoms with Gasteiger partial charge in [0.1, 0.15) is 5.76 Å². The third-order valence-corrected chi connectivity index (χ3v) is 4.95. The maximum atomic E-state index is 12.4. The van der Waals surface area contributed by atoms with Crippen molar-refractivity contribution in [2.24, 2.45) is 5.92 Å². The lowest BCUT2D eigenvalue weighted by molar-refractivity contribution is -0.118. The van der Waals surface area contributed by atoms with Crippen LogP contribution in [0.15, 0.2) is 59.0 Å². The SMILES string of the molecule is CC(C)C(=O)Nc1ccc(NC(=S)NC(=O)c2ccc(-c3cc(Cl)ccc3Cl)o2)cc1. The largest absolute Gasteiger partial charge is 0.451 e. The van der Waals surface area contributed by atoms with Crippen LogP contribution in [-0.2, 0) is 4.79 Å². The molecule has 2 aromatic carbocycles. The van der Waals surface area contributed by atoms with Crippen molar-refractivity contribution in [3.8, 4) is 11.3 Å². The molecule has 0 unspecified atom stereocenters. The van der Waals surface area contributed by atoms with Gasteiger partial charge in [0, 0.05) is 27.9 Å². The molecule has 3 aromatic rings. The normalized spacial score (nSPS) is 10.6. The Kier molecular flexibility index (Phi) is 7.33. The van der Waals surface area contributed by atoms with Gasteiger partial charge in [-0.05, 0) is 66.8 Å². The van der Waals surface area contributed by atoms with E-state index in [4.69, 9.17) is 39.8 Å². The summed E-state index contributed by atoms with van der Waals surface area (Å²) < 4.78 is 5.61. The van der Waals surface area contributed by atoms with Crippen molar-refractivity contribution >= 4 is 63.7 Å². The zero-order valence-electron chi connectivity index (χ0n) is 16.7. The zero-order valence-corrected chi connectivity index (χ0v) is 19.0. The Hall–Kier alpha value is -2.87. The third kappa shape index (κ3) is 6.07. The molecule has 1 aromatic heterocycles. The van der Waals surface area contributed by atoms with Crippen molar-refractivity contribution < 1.29 is 14.0 Å². The van der Waals surface area contributed by atoms with Crippen LogP contribution in [0.25, 0.3) is 11.3 Å². The number of thiocarbonyl (C=S) groups is 1. The molecule has 0 fully saturated rings.